The van der Waals surface area contributed by atoms with E-state index in [9.17, 15) is 65.7 Å². The van der Waals surface area contributed by atoms with Crippen LogP contribution in [0.15, 0.2) is 108 Å². The zero-order chi connectivity index (χ0) is 92.3. The molecule has 0 amide bonds. The van der Waals surface area contributed by atoms with Crippen LogP contribution in [0.4, 0.5) is 43.4 Å². The Hall–Kier alpha value is 13.1. The first kappa shape index (κ1) is 134. The molecule has 3 fully saturated rings. The van der Waals surface area contributed by atoms with Gasteiger partial charge in [-0.1, -0.05) is 41.4 Å². The second-order valence-electron chi connectivity index (χ2n) is 24.7. The zero-order valence-corrected chi connectivity index (χ0v) is 122. The van der Waals surface area contributed by atoms with E-state index >= 15 is 0 Å². The third-order valence-electron chi connectivity index (χ3n) is 16.8. The number of piperidine rings is 2. The Labute approximate surface area is 1000 Å². The summed E-state index contributed by atoms with van der Waals surface area (Å²) < 4.78 is 86.6. The van der Waals surface area contributed by atoms with Crippen molar-refractivity contribution < 1.29 is 131 Å². The number of carbonyl (C=O) groups is 4. The number of halogens is 27. The summed E-state index contributed by atoms with van der Waals surface area (Å²) in [6, 6.07) is 13.7. The van der Waals surface area contributed by atoms with Crippen LogP contribution in [0, 0.1) is 20.2 Å². The first-order valence-electron chi connectivity index (χ1n) is 35.2. The Balaban J connectivity index is 0.00000142. The summed E-state index contributed by atoms with van der Waals surface area (Å²) in [5.41, 5.74) is 9.47. The van der Waals surface area contributed by atoms with Gasteiger partial charge in [-0.2, -0.15) is 26.3 Å². The molecule has 0 bridgehead atoms. The molecule has 0 unspecified atom stereocenters. The summed E-state index contributed by atoms with van der Waals surface area (Å²) in [5, 5.41) is 19.0. The Kier molecular flexibility index (Phi) is 81.7. The van der Waals surface area contributed by atoms with Crippen LogP contribution < -0.4 is 70.4 Å². The molecule has 2 N–H and O–H groups in total. The van der Waals surface area contributed by atoms with Gasteiger partial charge in [-0.05, 0) is 180 Å². The normalized spacial score (nSPS) is 16.4. The molecule has 4 radical (unpaired) electrons. The molecule has 0 saturated carbocycles. The van der Waals surface area contributed by atoms with Gasteiger partial charge in [0.2, 0.25) is 5.28 Å². The maximum absolute atomic E-state index is 12.7. The molecule has 5 aliphatic heterocycles. The van der Waals surface area contributed by atoms with Crippen LogP contribution in [-0.4, -0.2) is 320 Å². The number of alkyl halides is 6. The van der Waals surface area contributed by atoms with Crippen LogP contribution in [0.5, 0.6) is 0 Å². The molecular formula is C61H67B5BrCl3F6I17K5N15O10-. The van der Waals surface area contributed by atoms with Crippen molar-refractivity contribution in [2.45, 2.75) is 108 Å². The SMILES string of the molecule is CC1(C)OB(C2=CCN([B]C=O)CC2)OC1(C)C.FC(F)(F)c1cnc(Cl)nc1Cl.II(I)I(I)I(I)I.I[I-]I(I)I(I)I(I)I.Nc1ccc(C2CCN([B]C=O)CC2)nc1.O=C[B]N1CC=C(c2ccc([N+](=O)[O-])cn2)CC1.O=C[B]N1CCC(c2ccc(Cc3ncc(C(F)(F)F)c(Cl)n3)cn2)CC1.O=[N+]([O-])c1ccc(Br)nc1.[H-].[K+].[K][K].[K][K]. The number of hydrogen-bond acceptors (Lipinski definition) is 23. The number of nitrogen functional groups attached to an aromatic ring is 1. The molecule has 5 aliphatic rings. The summed E-state index contributed by atoms with van der Waals surface area (Å²) in [7, 11) is 4.29. The summed E-state index contributed by atoms with van der Waals surface area (Å²) in [4.78, 5) is 99.6. The first-order chi connectivity index (χ1) is 57.5. The Morgan fingerprint density at radius 1 is 0.593 bits per heavy atom. The maximum atomic E-state index is 12.7. The van der Waals surface area contributed by atoms with Gasteiger partial charge < -0.3 is 54.9 Å². The van der Waals surface area contributed by atoms with E-state index in [1.807, 2.05) is 44.8 Å². The number of pyridine rings is 4. The fourth-order valence-corrected chi connectivity index (χ4v) is 1060. The quantitative estimate of drug-likeness (QED) is 0.00805. The zero-order valence-electron chi connectivity index (χ0n) is 67.3. The molecule has 656 valence electrons. The molecule has 62 heteroatoms. The topological polar surface area (TPSA) is 315 Å². The van der Waals surface area contributed by atoms with E-state index in [0.29, 0.717) is 54.3 Å². The average molecular weight is 3880 g/mol. The molecular weight excluding hydrogens is 3810 g/mol. The molecule has 11 rings (SSSR count). The van der Waals surface area contributed by atoms with E-state index in [0.717, 1.165) is 137 Å². The Morgan fingerprint density at radius 3 is 1.36 bits per heavy atom. The third kappa shape index (κ3) is 55.3. The van der Waals surface area contributed by atoms with Crippen molar-refractivity contribution >= 4 is 495 Å². The molecule has 25 nitrogen and oxygen atoms in total. The molecule has 0 aliphatic carbocycles. The van der Waals surface area contributed by atoms with Crippen molar-refractivity contribution in [3.8, 4) is 0 Å². The van der Waals surface area contributed by atoms with E-state index < -0.39 is 43.6 Å². The minimum atomic E-state index is -4.57. The van der Waals surface area contributed by atoms with Gasteiger partial charge >= 0.3 is 444 Å². The van der Waals surface area contributed by atoms with Crippen molar-refractivity contribution in [2.24, 2.45) is 0 Å². The van der Waals surface area contributed by atoms with Crippen molar-refractivity contribution in [3.63, 3.8) is 0 Å². The number of hydrogen-bond donors (Lipinski definition) is 1. The number of rotatable bonds is 21. The second-order valence-corrected chi connectivity index (χ2v) is 335. The van der Waals surface area contributed by atoms with Gasteiger partial charge in [-0.3, -0.25) is 30.2 Å². The average Bonchev–Trinajstić information content (AvgIpc) is 1.62. The predicted octanol–water partition coefficient (Wildman–Crippen LogP) is 17.0. The summed E-state index contributed by atoms with van der Waals surface area (Å²) in [6.07, 6.45) is 11.1. The van der Waals surface area contributed by atoms with Crippen molar-refractivity contribution in [1.29, 1.82) is 0 Å². The molecule has 6 aromatic rings. The predicted molar refractivity (Wildman–Crippen MR) is 624 cm³/mol. The first-order valence-corrected chi connectivity index (χ1v) is 163. The summed E-state index contributed by atoms with van der Waals surface area (Å²) in [6.45, 7) is 14.7. The standard InChI is InChI=1S/C17H16BClF3N4O.C12H20B2NO3.C11H11BN3O3.C11H15BN3O.C5H3BrN2O2.C5HCl2F3N2.I9.I8.5K.H/c19-16-13(17(20,21)22)9-24-15(25-16)7-11-1-2-14(23-8-11)12-3-5-26(6-4-12)18-10-27;1-11(2)12(3,4)18-14(17-11)10-5-7-15(8-6-10)13-9-16;16-8-12-14-5-3-9(4-6-14)11-2-1-10(7-13-11)15(17)18;13-10-1-2-11(14-7-10)9-3-5-15(6-4-9)12-8-16;6-5-2-1-4(3-7-5)8(9)10;6-3-2(5(8,9)10)1-11-4(7)12-3;1-6-8(4)9(5)7(2)3;1-6(2)8(5)7(3)4;;;;;;/h1-2,8-10,12H,3-7H2;5,9H,6-8H2,1-4H3;1-3,7-8H,4-6H2;1-2,7-9H,3-6,13H2;1-3H;1H;;;;;;;;/q;;;;;;-1;;;;;;+1;-1. The molecule has 3 saturated heterocycles. The second kappa shape index (κ2) is 74.9. The van der Waals surface area contributed by atoms with Crippen LogP contribution in [-0.2, 0) is 47.3 Å². The van der Waals surface area contributed by atoms with Crippen LogP contribution in [0.25, 0.3) is 5.57 Å². The number of nitro groups is 2. The van der Waals surface area contributed by atoms with E-state index in [4.69, 9.17) is 49.8 Å². The van der Waals surface area contributed by atoms with Gasteiger partial charge in [0, 0.05) is 73.5 Å². The van der Waals surface area contributed by atoms with Crippen molar-refractivity contribution in [1.82, 2.24) is 59.1 Å². The fourth-order valence-electron chi connectivity index (χ4n) is 10.2. The summed E-state index contributed by atoms with van der Waals surface area (Å²) in [5.74, 6) is 1.03. The molecule has 11 heterocycles. The molecule has 123 heavy (non-hydrogen) atoms. The summed E-state index contributed by atoms with van der Waals surface area (Å²) >= 11 is 52.3. The van der Waals surface area contributed by atoms with Gasteiger partial charge in [-0.15, -0.1) is 0 Å². The van der Waals surface area contributed by atoms with E-state index in [1.54, 1.807) is 40.7 Å². The number of nitrogens with two attached hydrogens (primary N) is 1. The molecule has 6 aromatic heterocycles. The van der Waals surface area contributed by atoms with E-state index in [1.165, 1.54) is 170 Å². The number of anilines is 1. The van der Waals surface area contributed by atoms with Gasteiger partial charge in [0.1, 0.15) is 44.3 Å². The molecule has 0 aromatic carbocycles. The van der Waals surface area contributed by atoms with Crippen LogP contribution in [0.1, 0.15) is 119 Å². The molecule has 0 spiro atoms. The van der Waals surface area contributed by atoms with E-state index in [2.05, 4.69) is 281 Å². The van der Waals surface area contributed by atoms with Crippen molar-refractivity contribution in [2.75, 3.05) is 58.1 Å². The monoisotopic (exact) mass is 3870 g/mol. The number of carbonyl (C=O) groups excluding carboxylic acids is 4. The number of nitrogens with zero attached hydrogens (tertiary/aromatic N) is 14. The number of aromatic nitrogens is 8. The van der Waals surface area contributed by atoms with Crippen LogP contribution >= 0.6 is 284 Å². The van der Waals surface area contributed by atoms with Gasteiger partial charge in [0.25, 0.3) is 41.0 Å². The van der Waals surface area contributed by atoms with Crippen molar-refractivity contribution in [3.05, 3.63) is 183 Å². The minimum absolute atomic E-state index is 0. The van der Waals surface area contributed by atoms with Crippen LogP contribution in [0.3, 0.4) is 0 Å². The molecule has 0 atom stereocenters. The Morgan fingerprint density at radius 2 is 1.02 bits per heavy atom. The Bertz CT molecular complexity index is 4230. The van der Waals surface area contributed by atoms with Gasteiger partial charge in [0.15, 0.2) is 0 Å². The van der Waals surface area contributed by atoms with Crippen LogP contribution in [0.2, 0.25) is 15.6 Å². The van der Waals surface area contributed by atoms with E-state index in [-0.39, 0.29) is 147 Å². The van der Waals surface area contributed by atoms with Gasteiger partial charge in [0.05, 0.1) is 63.4 Å². The fraction of sp³-hybridized carbons (Fsp3) is 0.410. The third-order valence-corrected chi connectivity index (χ3v) is 762. The van der Waals surface area contributed by atoms with Gasteiger partial charge in [-0.25, -0.2) is 29.9 Å².